The Kier molecular flexibility index (Phi) is 4.37. The fraction of sp³-hybridized carbons (Fsp3) is 0.421. The summed E-state index contributed by atoms with van der Waals surface area (Å²) in [7, 11) is 0. The molecule has 1 atom stereocenters. The number of rotatable bonds is 6. The largest absolute Gasteiger partial charge is 0.311 e. The van der Waals surface area contributed by atoms with Gasteiger partial charge in [0.1, 0.15) is 5.82 Å². The molecule has 0 N–H and O–H groups in total. The molecule has 2 heterocycles. The minimum atomic E-state index is -0.203. The van der Waals surface area contributed by atoms with Crippen LogP contribution in [-0.4, -0.2) is 32.5 Å². The number of hydrogen-bond donors (Lipinski definition) is 0. The molecule has 0 spiro atoms. The molecule has 4 rings (SSSR count). The number of anilines is 1. The normalized spacial score (nSPS) is 17.4. The molecule has 2 aromatic rings. The lowest BCUT2D eigenvalue weighted by Gasteiger charge is -2.21. The zero-order valence-corrected chi connectivity index (χ0v) is 15.2. The van der Waals surface area contributed by atoms with Crippen molar-refractivity contribution >= 4 is 23.4 Å². The van der Waals surface area contributed by atoms with Crippen LogP contribution >= 0.6 is 11.8 Å². The second-order valence-electron chi connectivity index (χ2n) is 6.64. The van der Waals surface area contributed by atoms with Crippen LogP contribution in [0, 0.1) is 0 Å². The SMILES string of the molecule is C=CCn1c(SC(C)C(=O)N2CCc3ccccc32)nnc1C1CC1. The first-order valence-corrected chi connectivity index (χ1v) is 9.67. The van der Waals surface area contributed by atoms with Gasteiger partial charge in [-0.25, -0.2) is 0 Å². The molecule has 0 saturated heterocycles. The zero-order valence-electron chi connectivity index (χ0n) is 14.4. The molecule has 2 aliphatic rings. The van der Waals surface area contributed by atoms with Crippen molar-refractivity contribution in [3.63, 3.8) is 0 Å². The molecular weight excluding hydrogens is 332 g/mol. The Morgan fingerprint density at radius 1 is 1.40 bits per heavy atom. The molecule has 1 unspecified atom stereocenters. The molecule has 5 nitrogen and oxygen atoms in total. The number of nitrogens with zero attached hydrogens (tertiary/aromatic N) is 4. The average Bonchev–Trinajstić information content (AvgIpc) is 3.26. The summed E-state index contributed by atoms with van der Waals surface area (Å²) in [4.78, 5) is 14.9. The summed E-state index contributed by atoms with van der Waals surface area (Å²) in [5.74, 6) is 1.70. The lowest BCUT2D eigenvalue weighted by atomic mass is 10.2. The maximum atomic E-state index is 13.0. The molecule has 6 heteroatoms. The topological polar surface area (TPSA) is 51.0 Å². The molecule has 1 aliphatic carbocycles. The molecule has 1 amide bonds. The zero-order chi connectivity index (χ0) is 17.4. The highest BCUT2D eigenvalue weighted by Gasteiger charge is 2.32. The van der Waals surface area contributed by atoms with Gasteiger partial charge >= 0.3 is 0 Å². The van der Waals surface area contributed by atoms with E-state index in [1.807, 2.05) is 36.1 Å². The van der Waals surface area contributed by atoms with Crippen LogP contribution in [0.4, 0.5) is 5.69 Å². The van der Waals surface area contributed by atoms with Crippen LogP contribution < -0.4 is 4.90 Å². The van der Waals surface area contributed by atoms with Crippen molar-refractivity contribution in [3.05, 3.63) is 48.3 Å². The fourth-order valence-electron chi connectivity index (χ4n) is 3.33. The number of carbonyl (C=O) groups excluding carboxylic acids is 1. The summed E-state index contributed by atoms with van der Waals surface area (Å²) in [5.41, 5.74) is 2.30. The Labute approximate surface area is 152 Å². The Morgan fingerprint density at radius 2 is 2.20 bits per heavy atom. The molecule has 1 saturated carbocycles. The van der Waals surface area contributed by atoms with Gasteiger partial charge in [-0.3, -0.25) is 4.79 Å². The summed E-state index contributed by atoms with van der Waals surface area (Å²) in [6.45, 7) is 7.24. The van der Waals surface area contributed by atoms with Gasteiger partial charge < -0.3 is 9.47 Å². The predicted molar refractivity (Wildman–Crippen MR) is 100 cm³/mol. The first kappa shape index (κ1) is 16.4. The summed E-state index contributed by atoms with van der Waals surface area (Å²) < 4.78 is 2.11. The fourth-order valence-corrected chi connectivity index (χ4v) is 4.25. The van der Waals surface area contributed by atoms with Crippen molar-refractivity contribution in [1.29, 1.82) is 0 Å². The van der Waals surface area contributed by atoms with Gasteiger partial charge in [-0.15, -0.1) is 16.8 Å². The van der Waals surface area contributed by atoms with Crippen molar-refractivity contribution in [3.8, 4) is 0 Å². The second-order valence-corrected chi connectivity index (χ2v) is 7.95. The molecule has 130 valence electrons. The van der Waals surface area contributed by atoms with E-state index in [1.165, 1.54) is 30.2 Å². The Bertz CT molecular complexity index is 812. The van der Waals surface area contributed by atoms with Crippen LogP contribution in [0.25, 0.3) is 0 Å². The van der Waals surface area contributed by atoms with Gasteiger partial charge in [0.15, 0.2) is 5.16 Å². The third-order valence-corrected chi connectivity index (χ3v) is 5.85. The number of amides is 1. The van der Waals surface area contributed by atoms with E-state index in [2.05, 4.69) is 27.4 Å². The molecule has 0 radical (unpaired) electrons. The quantitative estimate of drug-likeness (QED) is 0.589. The number of carbonyl (C=O) groups is 1. The van der Waals surface area contributed by atoms with E-state index >= 15 is 0 Å². The first-order chi connectivity index (χ1) is 12.2. The van der Waals surface area contributed by atoms with E-state index in [9.17, 15) is 4.79 Å². The minimum absolute atomic E-state index is 0.135. The summed E-state index contributed by atoms with van der Waals surface area (Å²) in [6, 6.07) is 8.15. The summed E-state index contributed by atoms with van der Waals surface area (Å²) >= 11 is 1.50. The Morgan fingerprint density at radius 3 is 2.96 bits per heavy atom. The van der Waals surface area contributed by atoms with Gasteiger partial charge in [0.25, 0.3) is 0 Å². The molecule has 1 aromatic carbocycles. The lowest BCUT2D eigenvalue weighted by Crippen LogP contribution is -2.35. The minimum Gasteiger partial charge on any atom is -0.311 e. The third-order valence-electron chi connectivity index (χ3n) is 4.78. The molecule has 25 heavy (non-hydrogen) atoms. The third kappa shape index (κ3) is 3.11. The van der Waals surface area contributed by atoms with Crippen molar-refractivity contribution in [2.24, 2.45) is 0 Å². The highest BCUT2D eigenvalue weighted by molar-refractivity contribution is 8.00. The van der Waals surface area contributed by atoms with Crippen LogP contribution in [0.1, 0.15) is 37.1 Å². The number of hydrogen-bond acceptors (Lipinski definition) is 4. The van der Waals surface area contributed by atoms with Gasteiger partial charge in [0, 0.05) is 24.7 Å². The number of aromatic nitrogens is 3. The van der Waals surface area contributed by atoms with E-state index in [0.29, 0.717) is 12.5 Å². The predicted octanol–water partition coefficient (Wildman–Crippen LogP) is 3.41. The molecule has 1 aromatic heterocycles. The van der Waals surface area contributed by atoms with Gasteiger partial charge in [-0.2, -0.15) is 0 Å². The summed E-state index contributed by atoms with van der Waals surface area (Å²) in [5, 5.41) is 9.32. The van der Waals surface area contributed by atoms with Crippen LogP contribution in [0.3, 0.4) is 0 Å². The summed E-state index contributed by atoms with van der Waals surface area (Å²) in [6.07, 6.45) is 5.15. The van der Waals surface area contributed by atoms with E-state index in [1.54, 1.807) is 0 Å². The number of thioether (sulfide) groups is 1. The van der Waals surface area contributed by atoms with Gasteiger partial charge in [-0.1, -0.05) is 36.0 Å². The van der Waals surface area contributed by atoms with Crippen LogP contribution in [0.15, 0.2) is 42.1 Å². The number of benzene rings is 1. The van der Waals surface area contributed by atoms with Crippen LogP contribution in [0.5, 0.6) is 0 Å². The van der Waals surface area contributed by atoms with E-state index < -0.39 is 0 Å². The average molecular weight is 354 g/mol. The lowest BCUT2D eigenvalue weighted by molar-refractivity contribution is -0.117. The molecule has 1 fully saturated rings. The monoisotopic (exact) mass is 354 g/mol. The Balaban J connectivity index is 1.51. The molecular formula is C19H22N4OS. The molecule has 1 aliphatic heterocycles. The number of allylic oxidation sites excluding steroid dienone is 1. The maximum Gasteiger partial charge on any atom is 0.240 e. The van der Waals surface area contributed by atoms with Crippen molar-refractivity contribution in [2.75, 3.05) is 11.4 Å². The smallest absolute Gasteiger partial charge is 0.240 e. The highest BCUT2D eigenvalue weighted by Crippen LogP contribution is 2.40. The van der Waals surface area contributed by atoms with Crippen LogP contribution in [0.2, 0.25) is 0 Å². The van der Waals surface area contributed by atoms with Crippen molar-refractivity contribution in [2.45, 2.75) is 49.1 Å². The highest BCUT2D eigenvalue weighted by atomic mass is 32.2. The van der Waals surface area contributed by atoms with E-state index in [4.69, 9.17) is 0 Å². The van der Waals surface area contributed by atoms with Gasteiger partial charge in [0.2, 0.25) is 5.91 Å². The standard InChI is InChI=1S/C19H22N4OS/c1-3-11-23-17(15-8-9-15)20-21-19(23)25-13(2)18(24)22-12-10-14-6-4-5-7-16(14)22/h3-7,13,15H,1,8-12H2,2H3. The van der Waals surface area contributed by atoms with E-state index in [0.717, 1.165) is 29.6 Å². The first-order valence-electron chi connectivity index (χ1n) is 8.79. The number of fused-ring (bicyclic) bond motifs is 1. The van der Waals surface area contributed by atoms with Crippen molar-refractivity contribution < 1.29 is 4.79 Å². The maximum absolute atomic E-state index is 13.0. The van der Waals surface area contributed by atoms with Gasteiger partial charge in [0.05, 0.1) is 5.25 Å². The Hall–Kier alpha value is -2.08. The van der Waals surface area contributed by atoms with E-state index in [-0.39, 0.29) is 11.2 Å². The molecule has 0 bridgehead atoms. The second kappa shape index (κ2) is 6.67. The van der Waals surface area contributed by atoms with Crippen LogP contribution in [-0.2, 0) is 17.8 Å². The van der Waals surface area contributed by atoms with Crippen molar-refractivity contribution in [1.82, 2.24) is 14.8 Å². The number of para-hydroxylation sites is 1. The van der Waals surface area contributed by atoms with Gasteiger partial charge in [-0.05, 0) is 37.8 Å².